The summed E-state index contributed by atoms with van der Waals surface area (Å²) in [6, 6.07) is 9.79. The lowest BCUT2D eigenvalue weighted by Crippen LogP contribution is -2.21. The van der Waals surface area contributed by atoms with Crippen LogP contribution in [0.25, 0.3) is 0 Å². The number of hydrogen-bond acceptors (Lipinski definition) is 4. The molecule has 4 nitrogen and oxygen atoms in total. The summed E-state index contributed by atoms with van der Waals surface area (Å²) in [4.78, 5) is 26.7. The van der Waals surface area contributed by atoms with Crippen LogP contribution in [0.4, 0.5) is 5.00 Å². The van der Waals surface area contributed by atoms with Crippen molar-refractivity contribution in [3.8, 4) is 0 Å². The summed E-state index contributed by atoms with van der Waals surface area (Å²) in [6.07, 6.45) is 7.15. The number of thiophene rings is 1. The average molecular weight is 386 g/mol. The number of ether oxygens (including phenoxy) is 1. The van der Waals surface area contributed by atoms with Gasteiger partial charge in [0, 0.05) is 4.88 Å². The quantitative estimate of drug-likeness (QED) is 0.708. The highest BCUT2D eigenvalue weighted by atomic mass is 32.1. The highest BCUT2D eigenvalue weighted by Gasteiger charge is 2.27. The molecule has 0 saturated heterocycles. The van der Waals surface area contributed by atoms with Crippen molar-refractivity contribution in [3.05, 3.63) is 51.9 Å². The second kappa shape index (κ2) is 9.18. The molecule has 1 unspecified atom stereocenters. The van der Waals surface area contributed by atoms with Crippen LogP contribution in [0.1, 0.15) is 71.3 Å². The number of esters is 1. The minimum Gasteiger partial charge on any atom is -0.465 e. The Morgan fingerprint density at radius 3 is 2.48 bits per heavy atom. The predicted octanol–water partition coefficient (Wildman–Crippen LogP) is 5.33. The summed E-state index contributed by atoms with van der Waals surface area (Å²) in [5.41, 5.74) is 2.64. The van der Waals surface area contributed by atoms with Crippen molar-refractivity contribution < 1.29 is 14.3 Å². The number of methoxy groups -OCH3 is 1. The first-order valence-electron chi connectivity index (χ1n) is 9.74. The molecule has 0 radical (unpaired) electrons. The lowest BCUT2D eigenvalue weighted by Gasteiger charge is -2.15. The Balaban J connectivity index is 1.92. The molecule has 1 N–H and O–H groups in total. The van der Waals surface area contributed by atoms with Crippen LogP contribution in [0.2, 0.25) is 0 Å². The van der Waals surface area contributed by atoms with Crippen LogP contribution in [0.5, 0.6) is 0 Å². The maximum atomic E-state index is 13.0. The van der Waals surface area contributed by atoms with Crippen LogP contribution in [0.15, 0.2) is 30.3 Å². The summed E-state index contributed by atoms with van der Waals surface area (Å²) in [5.74, 6) is -0.652. The summed E-state index contributed by atoms with van der Waals surface area (Å²) in [7, 11) is 1.40. The molecular weight excluding hydrogens is 358 g/mol. The third kappa shape index (κ3) is 4.41. The number of fused-ring (bicyclic) bond motifs is 1. The van der Waals surface area contributed by atoms with E-state index in [1.165, 1.54) is 24.8 Å². The number of carbonyl (C=O) groups is 2. The Morgan fingerprint density at radius 2 is 1.81 bits per heavy atom. The standard InChI is InChI=1S/C22H27NO3S/c1-3-16(15-11-7-6-8-12-15)20(24)23-21-19(22(25)26-2)17-13-9-4-5-10-14-18(17)27-21/h6-8,11-12,16H,3-5,9-10,13-14H2,1-2H3,(H,23,24). The molecule has 1 aromatic heterocycles. The molecule has 1 aliphatic carbocycles. The van der Waals surface area contributed by atoms with Crippen molar-refractivity contribution >= 4 is 28.2 Å². The van der Waals surface area contributed by atoms with Crippen LogP contribution in [-0.2, 0) is 22.4 Å². The Kier molecular flexibility index (Phi) is 6.67. The molecule has 27 heavy (non-hydrogen) atoms. The first-order chi connectivity index (χ1) is 13.2. The molecule has 0 spiro atoms. The van der Waals surface area contributed by atoms with E-state index < -0.39 is 0 Å². The van der Waals surface area contributed by atoms with Gasteiger partial charge in [-0.1, -0.05) is 50.1 Å². The normalized spacial score (nSPS) is 15.2. The van der Waals surface area contributed by atoms with Gasteiger partial charge in [-0.05, 0) is 43.2 Å². The van der Waals surface area contributed by atoms with Crippen molar-refractivity contribution in [1.82, 2.24) is 0 Å². The second-order valence-electron chi connectivity index (χ2n) is 6.97. The predicted molar refractivity (Wildman–Crippen MR) is 110 cm³/mol. The molecule has 144 valence electrons. The molecule has 0 fully saturated rings. The number of benzene rings is 1. The lowest BCUT2D eigenvalue weighted by atomic mass is 9.95. The first kappa shape index (κ1) is 19.6. The van der Waals surface area contributed by atoms with Gasteiger partial charge in [-0.15, -0.1) is 11.3 Å². The van der Waals surface area contributed by atoms with Crippen LogP contribution in [0, 0.1) is 0 Å². The van der Waals surface area contributed by atoms with Gasteiger partial charge in [-0.3, -0.25) is 4.79 Å². The fourth-order valence-electron chi connectivity index (χ4n) is 3.78. The van der Waals surface area contributed by atoms with Gasteiger partial charge in [-0.25, -0.2) is 4.79 Å². The molecule has 1 aliphatic rings. The Hall–Kier alpha value is -2.14. The van der Waals surface area contributed by atoms with E-state index in [4.69, 9.17) is 4.74 Å². The zero-order chi connectivity index (χ0) is 19.2. The molecular formula is C22H27NO3S. The summed E-state index contributed by atoms with van der Waals surface area (Å²) in [5, 5.41) is 3.70. The first-order valence-corrected chi connectivity index (χ1v) is 10.6. The van der Waals surface area contributed by atoms with Crippen LogP contribution in [0.3, 0.4) is 0 Å². The summed E-state index contributed by atoms with van der Waals surface area (Å²) < 4.78 is 5.04. The van der Waals surface area contributed by atoms with Crippen LogP contribution in [-0.4, -0.2) is 19.0 Å². The number of aryl methyl sites for hydroxylation is 1. The largest absolute Gasteiger partial charge is 0.465 e. The van der Waals surface area contributed by atoms with Crippen molar-refractivity contribution in [3.63, 3.8) is 0 Å². The third-order valence-corrected chi connectivity index (χ3v) is 6.43. The molecule has 0 aliphatic heterocycles. The van der Waals surface area contributed by atoms with E-state index >= 15 is 0 Å². The number of hydrogen-bond donors (Lipinski definition) is 1. The number of anilines is 1. The molecule has 0 saturated carbocycles. The minimum absolute atomic E-state index is 0.0666. The number of amides is 1. The van der Waals surface area contributed by atoms with Crippen LogP contribution >= 0.6 is 11.3 Å². The molecule has 2 aromatic rings. The van der Waals surface area contributed by atoms with E-state index in [2.05, 4.69) is 5.32 Å². The van der Waals surface area contributed by atoms with E-state index in [1.807, 2.05) is 37.3 Å². The number of carbonyl (C=O) groups excluding carboxylic acids is 2. The fourth-order valence-corrected chi connectivity index (χ4v) is 5.06. The lowest BCUT2D eigenvalue weighted by molar-refractivity contribution is -0.117. The van der Waals surface area contributed by atoms with Crippen molar-refractivity contribution in [2.45, 2.75) is 57.8 Å². The third-order valence-electron chi connectivity index (χ3n) is 5.22. The monoisotopic (exact) mass is 385 g/mol. The zero-order valence-corrected chi connectivity index (χ0v) is 16.9. The maximum Gasteiger partial charge on any atom is 0.341 e. The van der Waals surface area contributed by atoms with Gasteiger partial charge in [0.15, 0.2) is 0 Å². The zero-order valence-electron chi connectivity index (χ0n) is 16.0. The van der Waals surface area contributed by atoms with Gasteiger partial charge < -0.3 is 10.1 Å². The Bertz CT molecular complexity index is 797. The number of nitrogens with one attached hydrogen (secondary N) is 1. The average Bonchev–Trinajstić information content (AvgIpc) is 2.98. The SMILES string of the molecule is CCC(C(=O)Nc1sc2c(c1C(=O)OC)CCCCCC2)c1ccccc1. The van der Waals surface area contributed by atoms with Gasteiger partial charge in [0.1, 0.15) is 5.00 Å². The minimum atomic E-state index is -0.351. The van der Waals surface area contributed by atoms with Gasteiger partial charge in [0.05, 0.1) is 18.6 Å². The van der Waals surface area contributed by atoms with Gasteiger partial charge in [0.2, 0.25) is 5.91 Å². The smallest absolute Gasteiger partial charge is 0.341 e. The van der Waals surface area contributed by atoms with E-state index in [9.17, 15) is 9.59 Å². The molecule has 1 atom stereocenters. The van der Waals surface area contributed by atoms with Crippen LogP contribution < -0.4 is 5.32 Å². The molecule has 1 aromatic carbocycles. The maximum absolute atomic E-state index is 13.0. The van der Waals surface area contributed by atoms with Crippen molar-refractivity contribution in [2.75, 3.05) is 12.4 Å². The highest BCUT2D eigenvalue weighted by molar-refractivity contribution is 7.17. The van der Waals surface area contributed by atoms with Crippen molar-refractivity contribution in [1.29, 1.82) is 0 Å². The molecule has 1 amide bonds. The molecule has 3 rings (SSSR count). The van der Waals surface area contributed by atoms with E-state index in [-0.39, 0.29) is 17.8 Å². The second-order valence-corrected chi connectivity index (χ2v) is 8.08. The van der Waals surface area contributed by atoms with Gasteiger partial charge >= 0.3 is 5.97 Å². The summed E-state index contributed by atoms with van der Waals surface area (Å²) in [6.45, 7) is 2.01. The molecule has 5 heteroatoms. The topological polar surface area (TPSA) is 55.4 Å². The van der Waals surface area contributed by atoms with Gasteiger partial charge in [-0.2, -0.15) is 0 Å². The van der Waals surface area contributed by atoms with E-state index in [1.54, 1.807) is 11.3 Å². The van der Waals surface area contributed by atoms with E-state index in [0.29, 0.717) is 17.0 Å². The molecule has 1 heterocycles. The van der Waals surface area contributed by atoms with E-state index in [0.717, 1.165) is 36.8 Å². The highest BCUT2D eigenvalue weighted by Crippen LogP contribution is 2.38. The summed E-state index contributed by atoms with van der Waals surface area (Å²) >= 11 is 1.55. The fraction of sp³-hybridized carbons (Fsp3) is 0.455. The molecule has 0 bridgehead atoms. The van der Waals surface area contributed by atoms with Gasteiger partial charge in [0.25, 0.3) is 0 Å². The number of rotatable bonds is 5. The Labute approximate surface area is 164 Å². The Morgan fingerprint density at radius 1 is 1.11 bits per heavy atom. The van der Waals surface area contributed by atoms with Crippen molar-refractivity contribution in [2.24, 2.45) is 0 Å².